The molecule has 0 saturated carbocycles. The zero-order valence-corrected chi connectivity index (χ0v) is 27.2. The van der Waals surface area contributed by atoms with Crippen LogP contribution in [0.5, 0.6) is 0 Å². The third kappa shape index (κ3) is 7.54. The third-order valence-electron chi connectivity index (χ3n) is 6.59. The van der Waals surface area contributed by atoms with Crippen molar-refractivity contribution in [2.24, 2.45) is 5.73 Å². The molecule has 0 unspecified atom stereocenters. The normalized spacial score (nSPS) is 10.4. The Morgan fingerprint density at radius 3 is 1.93 bits per heavy atom. The number of carbonyl (C=O) groups excluding carboxylic acids is 3. The maximum atomic E-state index is 12.7. The highest BCUT2D eigenvalue weighted by Crippen LogP contribution is 2.25. The lowest BCUT2D eigenvalue weighted by molar-refractivity contribution is 0.101. The topological polar surface area (TPSA) is 147 Å². The number of nitrogens with two attached hydrogens (primary N) is 1. The molecule has 12 heteroatoms. The van der Waals surface area contributed by atoms with Crippen LogP contribution in [-0.4, -0.2) is 52.6 Å². The molecule has 228 valence electrons. The van der Waals surface area contributed by atoms with Crippen molar-refractivity contribution in [1.82, 2.24) is 24.9 Å². The van der Waals surface area contributed by atoms with E-state index in [1.165, 1.54) is 11.3 Å². The number of carbonyl (C=O) groups is 3. The Kier molecular flexibility index (Phi) is 10.7. The standard InChI is InChI=1S/C17H11N3OS.C10H8N2OS.C7H6BrNO/c21-16(12-9-19-13-6-2-1-5-11(12)13)17-20-15(10-22-17)14-7-3-4-8-18-14;11-10(14)9(13)7-5-12-8-4-2-1-3-6(7)8;8-5-7(10)6-3-1-2-4-9-6/h1-10,19H;1-5,12H,(H2,11,14);1-4H,5H2. The fourth-order valence-electron chi connectivity index (χ4n) is 4.37. The molecule has 0 aliphatic rings. The van der Waals surface area contributed by atoms with E-state index in [1.807, 2.05) is 72.1 Å². The van der Waals surface area contributed by atoms with Gasteiger partial charge in [0.2, 0.25) is 11.6 Å². The number of rotatable bonds is 7. The van der Waals surface area contributed by atoms with E-state index in [0.29, 0.717) is 27.2 Å². The van der Waals surface area contributed by atoms with Crippen molar-refractivity contribution in [3.8, 4) is 11.4 Å². The molecule has 9 nitrogen and oxygen atoms in total. The van der Waals surface area contributed by atoms with Crippen LogP contribution in [0.4, 0.5) is 0 Å². The molecule has 0 spiro atoms. The van der Waals surface area contributed by atoms with Crippen molar-refractivity contribution in [2.75, 3.05) is 5.33 Å². The van der Waals surface area contributed by atoms with Crippen LogP contribution in [0.3, 0.4) is 0 Å². The Bertz CT molecular complexity index is 2140. The second-order valence-corrected chi connectivity index (χ2v) is 11.4. The third-order valence-corrected chi connectivity index (χ3v) is 8.12. The summed E-state index contributed by atoms with van der Waals surface area (Å²) in [6, 6.07) is 26.2. The summed E-state index contributed by atoms with van der Waals surface area (Å²) < 4.78 is 0. The number of pyridine rings is 2. The Morgan fingerprint density at radius 1 is 0.761 bits per heavy atom. The first-order chi connectivity index (χ1) is 22.4. The first kappa shape index (κ1) is 32.2. The number of nitrogens with zero attached hydrogens (tertiary/aromatic N) is 3. The van der Waals surface area contributed by atoms with E-state index in [1.54, 1.807) is 43.0 Å². The number of thiazole rings is 1. The van der Waals surface area contributed by atoms with Crippen molar-refractivity contribution in [2.45, 2.75) is 0 Å². The molecule has 0 atom stereocenters. The van der Waals surface area contributed by atoms with Crippen LogP contribution in [0.1, 0.15) is 36.2 Å². The molecular weight excluding hydrogens is 684 g/mol. The molecule has 2 aromatic carbocycles. The van der Waals surface area contributed by atoms with Gasteiger partial charge < -0.3 is 15.7 Å². The summed E-state index contributed by atoms with van der Waals surface area (Å²) in [6.07, 6.45) is 6.70. The van der Waals surface area contributed by atoms with E-state index < -0.39 is 0 Å². The molecule has 5 aromatic heterocycles. The number of halogens is 1. The van der Waals surface area contributed by atoms with Gasteiger partial charge in [0.1, 0.15) is 16.4 Å². The zero-order valence-electron chi connectivity index (χ0n) is 24.0. The van der Waals surface area contributed by atoms with Crippen LogP contribution in [0.15, 0.2) is 115 Å². The van der Waals surface area contributed by atoms with Gasteiger partial charge in [-0.25, -0.2) is 4.98 Å². The number of hydrogen-bond acceptors (Lipinski definition) is 8. The molecular formula is C34H25BrN6O3S2. The molecule has 0 saturated heterocycles. The average molecular weight is 710 g/mol. The van der Waals surface area contributed by atoms with Gasteiger partial charge in [0.15, 0.2) is 10.8 Å². The highest BCUT2D eigenvalue weighted by Gasteiger charge is 2.18. The number of aromatic nitrogens is 5. The SMILES string of the molecule is NC(=S)C(=O)c1c[nH]c2ccccc12.O=C(CBr)c1ccccn1.O=C(c1nc(-c2ccccn2)cs1)c1c[nH]c2ccccc12. The molecule has 7 aromatic rings. The Balaban J connectivity index is 0.000000149. The van der Waals surface area contributed by atoms with Crippen molar-refractivity contribution in [3.63, 3.8) is 0 Å². The molecule has 0 aliphatic carbocycles. The molecule has 0 radical (unpaired) electrons. The fraction of sp³-hybridized carbons (Fsp3) is 0.0294. The van der Waals surface area contributed by atoms with Gasteiger partial charge in [-0.3, -0.25) is 24.4 Å². The highest BCUT2D eigenvalue weighted by molar-refractivity contribution is 9.09. The predicted octanol–water partition coefficient (Wildman–Crippen LogP) is 7.21. The van der Waals surface area contributed by atoms with Gasteiger partial charge in [-0.2, -0.15) is 0 Å². The van der Waals surface area contributed by atoms with Crippen molar-refractivity contribution >= 4 is 83.6 Å². The van der Waals surface area contributed by atoms with Crippen molar-refractivity contribution in [1.29, 1.82) is 0 Å². The van der Waals surface area contributed by atoms with Crippen LogP contribution in [-0.2, 0) is 0 Å². The van der Waals surface area contributed by atoms with Crippen LogP contribution in [0.25, 0.3) is 33.2 Å². The minimum absolute atomic E-state index is 0.0144. The molecule has 0 bridgehead atoms. The minimum atomic E-state index is -0.294. The lowest BCUT2D eigenvalue weighted by Crippen LogP contribution is -2.20. The summed E-state index contributed by atoms with van der Waals surface area (Å²) in [6.45, 7) is 0. The molecule has 4 N–H and O–H groups in total. The monoisotopic (exact) mass is 708 g/mol. The first-order valence-corrected chi connectivity index (χ1v) is 16.2. The summed E-state index contributed by atoms with van der Waals surface area (Å²) in [7, 11) is 0. The maximum absolute atomic E-state index is 12.7. The van der Waals surface area contributed by atoms with Gasteiger partial charge in [-0.15, -0.1) is 11.3 Å². The smallest absolute Gasteiger partial charge is 0.223 e. The Hall–Kier alpha value is -5.17. The van der Waals surface area contributed by atoms with E-state index in [-0.39, 0.29) is 22.3 Å². The predicted molar refractivity (Wildman–Crippen MR) is 189 cm³/mol. The van der Waals surface area contributed by atoms with E-state index in [9.17, 15) is 14.4 Å². The highest BCUT2D eigenvalue weighted by atomic mass is 79.9. The number of alkyl halides is 1. The van der Waals surface area contributed by atoms with Crippen LogP contribution < -0.4 is 5.73 Å². The number of para-hydroxylation sites is 2. The first-order valence-electron chi connectivity index (χ1n) is 13.8. The molecule has 46 heavy (non-hydrogen) atoms. The van der Waals surface area contributed by atoms with Crippen LogP contribution in [0, 0.1) is 0 Å². The van der Waals surface area contributed by atoms with Crippen LogP contribution >= 0.6 is 39.5 Å². The fourth-order valence-corrected chi connectivity index (χ4v) is 5.53. The number of aromatic amines is 2. The Morgan fingerprint density at radius 2 is 1.35 bits per heavy atom. The van der Waals surface area contributed by atoms with Gasteiger partial charge in [0, 0.05) is 52.0 Å². The largest absolute Gasteiger partial charge is 0.387 e. The number of fused-ring (bicyclic) bond motifs is 2. The van der Waals surface area contributed by atoms with Gasteiger partial charge in [0.25, 0.3) is 0 Å². The van der Waals surface area contributed by atoms with Gasteiger partial charge in [0.05, 0.1) is 22.2 Å². The molecule has 0 amide bonds. The summed E-state index contributed by atoms with van der Waals surface area (Å²) in [5.74, 6) is -0.345. The minimum Gasteiger partial charge on any atom is -0.387 e. The number of hydrogen-bond donors (Lipinski definition) is 3. The zero-order chi connectivity index (χ0) is 32.5. The van der Waals surface area contributed by atoms with E-state index >= 15 is 0 Å². The Labute approximate surface area is 281 Å². The van der Waals surface area contributed by atoms with Crippen molar-refractivity contribution < 1.29 is 14.4 Å². The van der Waals surface area contributed by atoms with Crippen LogP contribution in [0.2, 0.25) is 0 Å². The number of ketones is 3. The summed E-state index contributed by atoms with van der Waals surface area (Å²) in [5.41, 5.74) is 10.4. The number of Topliss-reactive ketones (excluding diaryl/α,β-unsaturated/α-hetero) is 2. The van der Waals surface area contributed by atoms with Gasteiger partial charge in [-0.1, -0.05) is 76.7 Å². The number of benzene rings is 2. The van der Waals surface area contributed by atoms with E-state index in [2.05, 4.69) is 53.1 Å². The van der Waals surface area contributed by atoms with Gasteiger partial charge >= 0.3 is 0 Å². The molecule has 7 rings (SSSR count). The second-order valence-electron chi connectivity index (χ2n) is 9.54. The second kappa shape index (κ2) is 15.2. The lowest BCUT2D eigenvalue weighted by Gasteiger charge is -1.95. The summed E-state index contributed by atoms with van der Waals surface area (Å²) in [5, 5.41) is 4.45. The number of thiocarbonyl (C=S) groups is 1. The quantitative estimate of drug-likeness (QED) is 0.0894. The van der Waals surface area contributed by atoms with E-state index in [0.717, 1.165) is 33.2 Å². The van der Waals surface area contributed by atoms with E-state index in [4.69, 9.17) is 5.73 Å². The van der Waals surface area contributed by atoms with Crippen molar-refractivity contribution in [3.05, 3.63) is 137 Å². The molecule has 5 heterocycles. The average Bonchev–Trinajstić information content (AvgIpc) is 3.88. The van der Waals surface area contributed by atoms with Gasteiger partial charge in [-0.05, 0) is 36.4 Å². The summed E-state index contributed by atoms with van der Waals surface area (Å²) >= 11 is 9.05. The number of nitrogens with one attached hydrogen (secondary N) is 2. The molecule has 0 aliphatic heterocycles. The molecule has 0 fully saturated rings. The lowest BCUT2D eigenvalue weighted by atomic mass is 10.1. The maximum Gasteiger partial charge on any atom is 0.223 e. The number of H-pyrrole nitrogens is 2. The summed E-state index contributed by atoms with van der Waals surface area (Å²) in [4.78, 5) is 53.7.